The number of hydrogen-bond acceptors (Lipinski definition) is 3. The van der Waals surface area contributed by atoms with Crippen LogP contribution in [0.5, 0.6) is 0 Å². The van der Waals surface area contributed by atoms with E-state index in [4.69, 9.17) is 10.8 Å². The summed E-state index contributed by atoms with van der Waals surface area (Å²) < 4.78 is 19.5. The average molecular weight is 481 g/mol. The van der Waals surface area contributed by atoms with Crippen LogP contribution in [0, 0.1) is 25.1 Å². The molecule has 5 nitrogen and oxygen atoms in total. The van der Waals surface area contributed by atoms with E-state index < -0.39 is 0 Å². The number of furan rings is 1. The highest BCUT2D eigenvalue weighted by molar-refractivity contribution is 6.12. The normalized spacial score (nSPS) is 13.7. The summed E-state index contributed by atoms with van der Waals surface area (Å²) in [4.78, 5) is 25.9. The Hall–Kier alpha value is -4.37. The highest BCUT2D eigenvalue weighted by atomic mass is 19.1. The SMILES string of the molecule is C#CCC1(NC(=O)c2ccc(C)c(-c3ccc4oc(-c5ccc(F)cc5)c(C(=O)NC)c4c3)c2)CC1. The van der Waals surface area contributed by atoms with Crippen LogP contribution in [-0.4, -0.2) is 24.4 Å². The van der Waals surface area contributed by atoms with Gasteiger partial charge in [-0.15, -0.1) is 12.3 Å². The first-order valence-corrected chi connectivity index (χ1v) is 11.8. The molecular formula is C30H25FN2O3. The molecule has 36 heavy (non-hydrogen) atoms. The summed E-state index contributed by atoms with van der Waals surface area (Å²) in [6.45, 7) is 1.97. The Morgan fingerprint density at radius 1 is 1.03 bits per heavy atom. The van der Waals surface area contributed by atoms with Crippen molar-refractivity contribution in [3.8, 4) is 34.8 Å². The number of nitrogens with one attached hydrogen (secondary N) is 2. The number of amides is 2. The number of fused-ring (bicyclic) bond motifs is 1. The molecule has 0 spiro atoms. The third-order valence-electron chi connectivity index (χ3n) is 6.73. The highest BCUT2D eigenvalue weighted by Crippen LogP contribution is 2.39. The van der Waals surface area contributed by atoms with Gasteiger partial charge in [0.1, 0.15) is 17.2 Å². The van der Waals surface area contributed by atoms with Crippen molar-refractivity contribution in [3.63, 3.8) is 0 Å². The zero-order valence-electron chi connectivity index (χ0n) is 20.1. The molecule has 2 amide bonds. The molecule has 0 bridgehead atoms. The summed E-state index contributed by atoms with van der Waals surface area (Å²) in [5.74, 6) is 2.19. The zero-order valence-corrected chi connectivity index (χ0v) is 20.1. The van der Waals surface area contributed by atoms with Gasteiger partial charge in [-0.3, -0.25) is 9.59 Å². The number of hydrogen-bond donors (Lipinski definition) is 2. The first-order chi connectivity index (χ1) is 17.3. The van der Waals surface area contributed by atoms with Crippen molar-refractivity contribution < 1.29 is 18.4 Å². The molecule has 5 rings (SSSR count). The van der Waals surface area contributed by atoms with Gasteiger partial charge in [-0.05, 0) is 85.0 Å². The van der Waals surface area contributed by atoms with Crippen molar-refractivity contribution in [1.82, 2.24) is 10.6 Å². The lowest BCUT2D eigenvalue weighted by Crippen LogP contribution is -2.36. The molecule has 0 atom stereocenters. The van der Waals surface area contributed by atoms with Crippen LogP contribution in [0.2, 0.25) is 0 Å². The molecule has 4 aromatic rings. The van der Waals surface area contributed by atoms with Gasteiger partial charge in [0.25, 0.3) is 11.8 Å². The zero-order chi connectivity index (χ0) is 25.4. The summed E-state index contributed by atoms with van der Waals surface area (Å²) >= 11 is 0. The molecule has 1 aromatic heterocycles. The van der Waals surface area contributed by atoms with Gasteiger partial charge >= 0.3 is 0 Å². The molecule has 1 fully saturated rings. The van der Waals surface area contributed by atoms with Crippen LogP contribution >= 0.6 is 0 Å². The Bertz CT molecular complexity index is 1540. The van der Waals surface area contributed by atoms with Gasteiger partial charge in [0.05, 0.1) is 11.1 Å². The van der Waals surface area contributed by atoms with Crippen LogP contribution in [0.3, 0.4) is 0 Å². The summed E-state index contributed by atoms with van der Waals surface area (Å²) in [6, 6.07) is 17.0. The molecule has 1 heterocycles. The van der Waals surface area contributed by atoms with E-state index in [1.807, 2.05) is 37.3 Å². The van der Waals surface area contributed by atoms with Gasteiger partial charge in [0.15, 0.2) is 0 Å². The molecule has 0 unspecified atom stereocenters. The van der Waals surface area contributed by atoms with Crippen molar-refractivity contribution in [2.45, 2.75) is 31.7 Å². The number of rotatable bonds is 6. The third-order valence-corrected chi connectivity index (χ3v) is 6.73. The molecule has 6 heteroatoms. The topological polar surface area (TPSA) is 71.3 Å². The Labute approximate surface area is 208 Å². The first-order valence-electron chi connectivity index (χ1n) is 11.8. The smallest absolute Gasteiger partial charge is 0.255 e. The van der Waals surface area contributed by atoms with Crippen LogP contribution in [-0.2, 0) is 0 Å². The summed E-state index contributed by atoms with van der Waals surface area (Å²) in [7, 11) is 1.55. The van der Waals surface area contributed by atoms with Crippen molar-refractivity contribution in [1.29, 1.82) is 0 Å². The van der Waals surface area contributed by atoms with E-state index in [9.17, 15) is 14.0 Å². The number of terminal acetylenes is 1. The lowest BCUT2D eigenvalue weighted by molar-refractivity contribution is 0.0930. The molecular weight excluding hydrogens is 455 g/mol. The molecule has 0 aliphatic heterocycles. The van der Waals surface area contributed by atoms with Gasteiger partial charge in [-0.2, -0.15) is 0 Å². The average Bonchev–Trinajstić information content (AvgIpc) is 3.52. The van der Waals surface area contributed by atoms with Crippen molar-refractivity contribution >= 4 is 22.8 Å². The maximum atomic E-state index is 13.5. The molecule has 2 N–H and O–H groups in total. The van der Waals surface area contributed by atoms with E-state index in [0.717, 1.165) is 29.5 Å². The Balaban J connectivity index is 1.57. The van der Waals surface area contributed by atoms with Crippen molar-refractivity contribution in [2.24, 2.45) is 0 Å². The second-order valence-corrected chi connectivity index (χ2v) is 9.25. The molecule has 3 aromatic carbocycles. The summed E-state index contributed by atoms with van der Waals surface area (Å²) in [6.07, 6.45) is 7.76. The standard InChI is InChI=1S/C30H25FN2O3/c1-4-13-30(14-15-30)33-28(34)21-6-5-18(2)23(17-21)20-9-12-25-24(16-20)26(29(35)32-3)27(36-25)19-7-10-22(31)11-8-19/h1,5-12,16-17H,13-15H2,2-3H3,(H,32,35)(H,33,34). The lowest BCUT2D eigenvalue weighted by Gasteiger charge is -2.16. The second kappa shape index (κ2) is 9.01. The largest absolute Gasteiger partial charge is 0.455 e. The summed E-state index contributed by atoms with van der Waals surface area (Å²) in [5.41, 5.74) is 4.47. The van der Waals surface area contributed by atoms with Crippen LogP contribution in [0.15, 0.2) is 65.1 Å². The number of carbonyl (C=O) groups is 2. The monoisotopic (exact) mass is 480 g/mol. The van der Waals surface area contributed by atoms with Gasteiger partial charge in [-0.1, -0.05) is 12.1 Å². The van der Waals surface area contributed by atoms with E-state index in [1.54, 1.807) is 25.2 Å². The fourth-order valence-corrected chi connectivity index (χ4v) is 4.50. The molecule has 1 saturated carbocycles. The number of carbonyl (C=O) groups excluding carboxylic acids is 2. The predicted octanol–water partition coefficient (Wildman–Crippen LogP) is 5.86. The fourth-order valence-electron chi connectivity index (χ4n) is 4.50. The number of halogens is 1. The third kappa shape index (κ3) is 4.25. The van der Waals surface area contributed by atoms with Crippen LogP contribution in [0.25, 0.3) is 33.4 Å². The van der Waals surface area contributed by atoms with E-state index >= 15 is 0 Å². The van der Waals surface area contributed by atoms with E-state index in [2.05, 4.69) is 16.6 Å². The second-order valence-electron chi connectivity index (χ2n) is 9.25. The van der Waals surface area contributed by atoms with E-state index in [1.165, 1.54) is 12.1 Å². The van der Waals surface area contributed by atoms with Gasteiger partial charge in [0, 0.05) is 30.0 Å². The maximum absolute atomic E-state index is 13.5. The minimum Gasteiger partial charge on any atom is -0.455 e. The quantitative estimate of drug-likeness (QED) is 0.340. The van der Waals surface area contributed by atoms with Crippen LogP contribution in [0.1, 0.15) is 45.5 Å². The maximum Gasteiger partial charge on any atom is 0.255 e. The predicted molar refractivity (Wildman–Crippen MR) is 138 cm³/mol. The minimum atomic E-state index is -0.370. The van der Waals surface area contributed by atoms with Crippen molar-refractivity contribution in [2.75, 3.05) is 7.05 Å². The van der Waals surface area contributed by atoms with Crippen LogP contribution in [0.4, 0.5) is 4.39 Å². The van der Waals surface area contributed by atoms with Gasteiger partial charge < -0.3 is 15.1 Å². The Morgan fingerprint density at radius 2 is 1.75 bits per heavy atom. The molecule has 0 radical (unpaired) electrons. The fraction of sp³-hybridized carbons (Fsp3) is 0.200. The lowest BCUT2D eigenvalue weighted by atomic mass is 9.95. The van der Waals surface area contributed by atoms with E-state index in [-0.39, 0.29) is 23.2 Å². The van der Waals surface area contributed by atoms with Crippen LogP contribution < -0.4 is 10.6 Å². The Kier molecular flexibility index (Phi) is 5.85. The van der Waals surface area contributed by atoms with Gasteiger partial charge in [0.2, 0.25) is 0 Å². The summed E-state index contributed by atoms with van der Waals surface area (Å²) in [5, 5.41) is 6.40. The van der Waals surface area contributed by atoms with E-state index in [0.29, 0.717) is 39.8 Å². The Morgan fingerprint density at radius 3 is 2.42 bits per heavy atom. The molecule has 180 valence electrons. The molecule has 1 aliphatic rings. The first kappa shape index (κ1) is 23.4. The highest BCUT2D eigenvalue weighted by Gasteiger charge is 2.43. The van der Waals surface area contributed by atoms with Gasteiger partial charge in [-0.25, -0.2) is 4.39 Å². The molecule has 1 aliphatic carbocycles. The number of benzene rings is 3. The van der Waals surface area contributed by atoms with Crippen molar-refractivity contribution in [3.05, 3.63) is 83.2 Å². The minimum absolute atomic E-state index is 0.155. The molecule has 0 saturated heterocycles. The number of aryl methyl sites for hydroxylation is 1.